The topological polar surface area (TPSA) is 35.5 Å². The van der Waals surface area contributed by atoms with Gasteiger partial charge in [-0.2, -0.15) is 0 Å². The lowest BCUT2D eigenvalue weighted by Crippen LogP contribution is -2.42. The molecule has 1 saturated heterocycles. The van der Waals surface area contributed by atoms with Crippen LogP contribution < -0.4 is 5.32 Å². The van der Waals surface area contributed by atoms with Crippen molar-refractivity contribution < 1.29 is 5.11 Å². The highest BCUT2D eigenvalue weighted by Crippen LogP contribution is 2.27. The second-order valence-corrected chi connectivity index (χ2v) is 7.56. The first-order valence-electron chi connectivity index (χ1n) is 9.42. The van der Waals surface area contributed by atoms with E-state index in [1.54, 1.807) is 0 Å². The first-order valence-corrected chi connectivity index (χ1v) is 9.42. The Hall–Kier alpha value is -0.380. The number of nitrogens with zero attached hydrogens (tertiary/aromatic N) is 1. The zero-order valence-electron chi connectivity index (χ0n) is 14.7. The van der Waals surface area contributed by atoms with Crippen molar-refractivity contribution in [1.82, 2.24) is 10.2 Å². The van der Waals surface area contributed by atoms with E-state index in [9.17, 15) is 5.11 Å². The van der Waals surface area contributed by atoms with Gasteiger partial charge in [-0.15, -0.1) is 0 Å². The molecule has 2 unspecified atom stereocenters. The molecule has 0 spiro atoms. The van der Waals surface area contributed by atoms with E-state index < -0.39 is 0 Å². The highest BCUT2D eigenvalue weighted by molar-refractivity contribution is 4.95. The van der Waals surface area contributed by atoms with E-state index in [4.69, 9.17) is 0 Å². The smallest absolute Gasteiger partial charge is 0.0568 e. The monoisotopic (exact) mass is 308 g/mol. The number of hydrogen-bond acceptors (Lipinski definition) is 3. The predicted molar refractivity (Wildman–Crippen MR) is 94.1 cm³/mol. The predicted octanol–water partition coefficient (Wildman–Crippen LogP) is 3.34. The minimum Gasteiger partial charge on any atom is -0.393 e. The molecule has 3 heteroatoms. The number of aliphatic hydroxyl groups is 1. The fourth-order valence-corrected chi connectivity index (χ4v) is 3.83. The maximum atomic E-state index is 10.0. The van der Waals surface area contributed by atoms with Gasteiger partial charge in [-0.05, 0) is 77.9 Å². The summed E-state index contributed by atoms with van der Waals surface area (Å²) in [5.74, 6) is 0.571. The number of allylic oxidation sites excluding steroid dienone is 1. The van der Waals surface area contributed by atoms with E-state index in [1.807, 2.05) is 0 Å². The van der Waals surface area contributed by atoms with Gasteiger partial charge in [0.15, 0.2) is 0 Å². The molecule has 0 aromatic heterocycles. The molecular formula is C19H36N2O. The summed E-state index contributed by atoms with van der Waals surface area (Å²) in [4.78, 5) is 2.56. The highest BCUT2D eigenvalue weighted by atomic mass is 16.3. The number of likely N-dealkylation sites (tertiary alicyclic amines) is 1. The zero-order valence-corrected chi connectivity index (χ0v) is 14.7. The SMILES string of the molecule is CC(C)=CCN1CCC(NCCCC2CCCCC2O)CC1. The van der Waals surface area contributed by atoms with Crippen molar-refractivity contribution in [2.45, 2.75) is 77.4 Å². The van der Waals surface area contributed by atoms with Gasteiger partial charge in [-0.1, -0.05) is 24.5 Å². The first-order chi connectivity index (χ1) is 10.6. The molecule has 128 valence electrons. The Balaban J connectivity index is 1.52. The van der Waals surface area contributed by atoms with Crippen LogP contribution in [0.25, 0.3) is 0 Å². The van der Waals surface area contributed by atoms with E-state index in [1.165, 1.54) is 63.6 Å². The van der Waals surface area contributed by atoms with Crippen molar-refractivity contribution in [2.75, 3.05) is 26.2 Å². The molecule has 1 aliphatic heterocycles. The van der Waals surface area contributed by atoms with Gasteiger partial charge in [0, 0.05) is 12.6 Å². The lowest BCUT2D eigenvalue weighted by Gasteiger charge is -2.32. The van der Waals surface area contributed by atoms with Crippen molar-refractivity contribution in [3.05, 3.63) is 11.6 Å². The quantitative estimate of drug-likeness (QED) is 0.559. The summed E-state index contributed by atoms with van der Waals surface area (Å²) in [6.45, 7) is 9.05. The van der Waals surface area contributed by atoms with Crippen LogP contribution in [0.2, 0.25) is 0 Å². The Bertz CT molecular complexity index is 330. The average molecular weight is 309 g/mol. The number of nitrogens with one attached hydrogen (secondary N) is 1. The Labute approximate surface area is 137 Å². The summed E-state index contributed by atoms with van der Waals surface area (Å²) in [6, 6.07) is 0.708. The molecule has 0 aromatic rings. The van der Waals surface area contributed by atoms with Crippen LogP contribution in [0.3, 0.4) is 0 Å². The molecule has 2 fully saturated rings. The molecule has 1 aliphatic carbocycles. The Morgan fingerprint density at radius 1 is 1.14 bits per heavy atom. The summed E-state index contributed by atoms with van der Waals surface area (Å²) in [6.07, 6.45) is 12.1. The van der Waals surface area contributed by atoms with E-state index in [0.29, 0.717) is 12.0 Å². The van der Waals surface area contributed by atoms with Crippen molar-refractivity contribution in [2.24, 2.45) is 5.92 Å². The maximum Gasteiger partial charge on any atom is 0.0568 e. The van der Waals surface area contributed by atoms with Crippen molar-refractivity contribution in [3.8, 4) is 0 Å². The normalized spacial score (nSPS) is 27.8. The van der Waals surface area contributed by atoms with Crippen LogP contribution in [-0.4, -0.2) is 48.3 Å². The van der Waals surface area contributed by atoms with E-state index in [0.717, 1.165) is 19.5 Å². The summed E-state index contributed by atoms with van der Waals surface area (Å²) >= 11 is 0. The number of piperidine rings is 1. The molecule has 2 N–H and O–H groups in total. The van der Waals surface area contributed by atoms with Crippen molar-refractivity contribution in [1.29, 1.82) is 0 Å². The maximum absolute atomic E-state index is 10.0. The van der Waals surface area contributed by atoms with Crippen LogP contribution in [0.1, 0.15) is 65.2 Å². The molecule has 3 nitrogen and oxygen atoms in total. The molecule has 22 heavy (non-hydrogen) atoms. The second-order valence-electron chi connectivity index (χ2n) is 7.56. The van der Waals surface area contributed by atoms with Crippen LogP contribution in [0.15, 0.2) is 11.6 Å². The van der Waals surface area contributed by atoms with Gasteiger partial charge < -0.3 is 10.4 Å². The van der Waals surface area contributed by atoms with Crippen LogP contribution in [0.4, 0.5) is 0 Å². The highest BCUT2D eigenvalue weighted by Gasteiger charge is 2.22. The zero-order chi connectivity index (χ0) is 15.8. The van der Waals surface area contributed by atoms with Gasteiger partial charge in [0.25, 0.3) is 0 Å². The summed E-state index contributed by atoms with van der Waals surface area (Å²) in [5.41, 5.74) is 1.42. The summed E-state index contributed by atoms with van der Waals surface area (Å²) < 4.78 is 0. The van der Waals surface area contributed by atoms with Crippen LogP contribution >= 0.6 is 0 Å². The number of hydrogen-bond donors (Lipinski definition) is 2. The second kappa shape index (κ2) is 9.69. The molecule has 1 heterocycles. The van der Waals surface area contributed by atoms with E-state index in [-0.39, 0.29) is 6.10 Å². The van der Waals surface area contributed by atoms with Gasteiger partial charge >= 0.3 is 0 Å². The minimum absolute atomic E-state index is 0.0212. The lowest BCUT2D eigenvalue weighted by molar-refractivity contribution is 0.0641. The molecule has 1 saturated carbocycles. The molecule has 2 atom stereocenters. The third kappa shape index (κ3) is 6.39. The van der Waals surface area contributed by atoms with Crippen LogP contribution in [0, 0.1) is 5.92 Å². The molecule has 0 aromatic carbocycles. The largest absolute Gasteiger partial charge is 0.393 e. The number of rotatable bonds is 7. The average Bonchev–Trinajstić information content (AvgIpc) is 2.52. The van der Waals surface area contributed by atoms with Gasteiger partial charge in [-0.25, -0.2) is 0 Å². The Kier molecular flexibility index (Phi) is 7.91. The third-order valence-corrected chi connectivity index (χ3v) is 5.40. The van der Waals surface area contributed by atoms with Crippen molar-refractivity contribution in [3.63, 3.8) is 0 Å². The van der Waals surface area contributed by atoms with Crippen molar-refractivity contribution >= 4 is 0 Å². The first kappa shape index (κ1) is 18.0. The van der Waals surface area contributed by atoms with E-state index in [2.05, 4.69) is 30.1 Å². The summed E-state index contributed by atoms with van der Waals surface area (Å²) in [7, 11) is 0. The van der Waals surface area contributed by atoms with Gasteiger partial charge in [-0.3, -0.25) is 4.90 Å². The molecule has 0 bridgehead atoms. The summed E-state index contributed by atoms with van der Waals surface area (Å²) in [5, 5.41) is 13.7. The molecule has 2 rings (SSSR count). The van der Waals surface area contributed by atoms with Gasteiger partial charge in [0.05, 0.1) is 6.10 Å². The van der Waals surface area contributed by atoms with Crippen LogP contribution in [0.5, 0.6) is 0 Å². The molecular weight excluding hydrogens is 272 g/mol. The Morgan fingerprint density at radius 2 is 1.86 bits per heavy atom. The fourth-order valence-electron chi connectivity index (χ4n) is 3.83. The van der Waals surface area contributed by atoms with E-state index >= 15 is 0 Å². The molecule has 2 aliphatic rings. The molecule has 0 amide bonds. The fraction of sp³-hybridized carbons (Fsp3) is 0.895. The number of aliphatic hydroxyl groups excluding tert-OH is 1. The van der Waals surface area contributed by atoms with Gasteiger partial charge in [0.1, 0.15) is 0 Å². The standard InChI is InChI=1S/C19H36N2O/c1-16(2)9-13-21-14-10-18(11-15-21)20-12-5-7-17-6-3-4-8-19(17)22/h9,17-20,22H,3-8,10-15H2,1-2H3. The third-order valence-electron chi connectivity index (χ3n) is 5.40. The Morgan fingerprint density at radius 3 is 2.55 bits per heavy atom. The molecule has 0 radical (unpaired) electrons. The lowest BCUT2D eigenvalue weighted by atomic mass is 9.83. The van der Waals surface area contributed by atoms with Gasteiger partial charge in [0.2, 0.25) is 0 Å². The minimum atomic E-state index is -0.0212. The van der Waals surface area contributed by atoms with Crippen LogP contribution in [-0.2, 0) is 0 Å².